The van der Waals surface area contributed by atoms with Crippen LogP contribution in [0.25, 0.3) is 0 Å². The molecule has 1 aromatic carbocycles. The van der Waals surface area contributed by atoms with Gasteiger partial charge < -0.3 is 9.84 Å². The standard InChI is InChI=1S/C13H10N2O3S2/c1-18-10-3-2-8(6-14)11(5-10)20-13-15-9(7-19-13)4-12(16)17/h2-3,5,7H,4H2,1H3,(H,16,17). The van der Waals surface area contributed by atoms with E-state index in [2.05, 4.69) is 11.1 Å². The van der Waals surface area contributed by atoms with Gasteiger partial charge in [0, 0.05) is 10.3 Å². The Bertz CT molecular complexity index is 676. The Hall–Kier alpha value is -2.04. The normalized spacial score (nSPS) is 10.0. The quantitative estimate of drug-likeness (QED) is 0.914. The molecule has 0 fully saturated rings. The topological polar surface area (TPSA) is 83.2 Å². The van der Waals surface area contributed by atoms with Gasteiger partial charge in [0.2, 0.25) is 0 Å². The molecule has 1 N–H and O–H groups in total. The van der Waals surface area contributed by atoms with Crippen LogP contribution < -0.4 is 4.74 Å². The van der Waals surface area contributed by atoms with Gasteiger partial charge in [0.1, 0.15) is 11.8 Å². The highest BCUT2D eigenvalue weighted by Crippen LogP contribution is 2.34. The number of hydrogen-bond acceptors (Lipinski definition) is 6. The van der Waals surface area contributed by atoms with Crippen LogP contribution in [0.2, 0.25) is 0 Å². The maximum absolute atomic E-state index is 10.6. The Balaban J connectivity index is 2.23. The summed E-state index contributed by atoms with van der Waals surface area (Å²) in [5.41, 5.74) is 1.05. The predicted octanol–water partition coefficient (Wildman–Crippen LogP) is 2.80. The summed E-state index contributed by atoms with van der Waals surface area (Å²) >= 11 is 2.69. The van der Waals surface area contributed by atoms with E-state index >= 15 is 0 Å². The van der Waals surface area contributed by atoms with Crippen LogP contribution in [0.15, 0.2) is 32.8 Å². The Morgan fingerprint density at radius 2 is 2.40 bits per heavy atom. The molecule has 0 aliphatic carbocycles. The molecule has 2 rings (SSSR count). The highest BCUT2D eigenvalue weighted by Gasteiger charge is 2.11. The Labute approximate surface area is 123 Å². The van der Waals surface area contributed by atoms with Crippen LogP contribution in [0.5, 0.6) is 5.75 Å². The molecular formula is C13H10N2O3S2. The zero-order valence-electron chi connectivity index (χ0n) is 10.5. The minimum Gasteiger partial charge on any atom is -0.497 e. The summed E-state index contributed by atoms with van der Waals surface area (Å²) in [6.45, 7) is 0. The molecule has 5 nitrogen and oxygen atoms in total. The molecule has 7 heteroatoms. The number of aromatic nitrogens is 1. The molecule has 1 heterocycles. The molecule has 20 heavy (non-hydrogen) atoms. The summed E-state index contributed by atoms with van der Waals surface area (Å²) in [5, 5.41) is 19.5. The fraction of sp³-hybridized carbons (Fsp3) is 0.154. The van der Waals surface area contributed by atoms with E-state index in [0.717, 1.165) is 4.90 Å². The maximum atomic E-state index is 10.6. The molecule has 0 saturated heterocycles. The summed E-state index contributed by atoms with van der Waals surface area (Å²) in [7, 11) is 1.56. The van der Waals surface area contributed by atoms with Gasteiger partial charge in [0.15, 0.2) is 4.34 Å². The fourth-order valence-electron chi connectivity index (χ4n) is 1.47. The van der Waals surface area contributed by atoms with E-state index in [9.17, 15) is 4.79 Å². The molecule has 1 aromatic heterocycles. The summed E-state index contributed by atoms with van der Waals surface area (Å²) in [6, 6.07) is 7.29. The first kappa shape index (κ1) is 14.4. The SMILES string of the molecule is COc1ccc(C#N)c(Sc2nc(CC(=O)O)cs2)c1. The van der Waals surface area contributed by atoms with Crippen LogP contribution in [0.1, 0.15) is 11.3 Å². The van der Waals surface area contributed by atoms with E-state index in [4.69, 9.17) is 15.1 Å². The molecular weight excluding hydrogens is 296 g/mol. The zero-order chi connectivity index (χ0) is 14.5. The Morgan fingerprint density at radius 3 is 3.05 bits per heavy atom. The van der Waals surface area contributed by atoms with Gasteiger partial charge in [-0.15, -0.1) is 11.3 Å². The van der Waals surface area contributed by atoms with Crippen molar-refractivity contribution in [3.8, 4) is 11.8 Å². The summed E-state index contributed by atoms with van der Waals surface area (Å²) in [5.74, 6) is -0.250. The lowest BCUT2D eigenvalue weighted by Crippen LogP contribution is -1.99. The van der Waals surface area contributed by atoms with Crippen LogP contribution in [0.4, 0.5) is 0 Å². The molecule has 0 unspecified atom stereocenters. The van der Waals surface area contributed by atoms with Gasteiger partial charge in [-0.25, -0.2) is 4.98 Å². The number of carboxylic acids is 1. The number of nitriles is 1. The molecule has 0 bridgehead atoms. The molecule has 2 aromatic rings. The third kappa shape index (κ3) is 3.50. The van der Waals surface area contributed by atoms with Gasteiger partial charge in [-0.1, -0.05) is 11.8 Å². The van der Waals surface area contributed by atoms with E-state index in [-0.39, 0.29) is 6.42 Å². The Kier molecular flexibility index (Phi) is 4.61. The summed E-state index contributed by atoms with van der Waals surface area (Å²) in [6.07, 6.45) is -0.0969. The lowest BCUT2D eigenvalue weighted by Gasteiger charge is -2.04. The van der Waals surface area contributed by atoms with Gasteiger partial charge in [-0.3, -0.25) is 4.79 Å². The van der Waals surface area contributed by atoms with E-state index in [1.807, 2.05) is 0 Å². The van der Waals surface area contributed by atoms with Crippen molar-refractivity contribution < 1.29 is 14.6 Å². The largest absolute Gasteiger partial charge is 0.497 e. The van der Waals surface area contributed by atoms with Crippen LogP contribution in [-0.2, 0) is 11.2 Å². The van der Waals surface area contributed by atoms with Crippen LogP contribution >= 0.6 is 23.1 Å². The van der Waals surface area contributed by atoms with Crippen LogP contribution in [0, 0.1) is 11.3 Å². The lowest BCUT2D eigenvalue weighted by molar-refractivity contribution is -0.136. The highest BCUT2D eigenvalue weighted by molar-refractivity contribution is 8.01. The number of thiazole rings is 1. The molecule has 0 aliphatic heterocycles. The van der Waals surface area contributed by atoms with Gasteiger partial charge in [-0.05, 0) is 18.2 Å². The van der Waals surface area contributed by atoms with Crippen molar-refractivity contribution >= 4 is 29.1 Å². The van der Waals surface area contributed by atoms with E-state index < -0.39 is 5.97 Å². The first-order valence-corrected chi connectivity index (χ1v) is 7.24. The Morgan fingerprint density at radius 1 is 1.60 bits per heavy atom. The molecule has 0 amide bonds. The highest BCUT2D eigenvalue weighted by atomic mass is 32.2. The maximum Gasteiger partial charge on any atom is 0.309 e. The molecule has 0 atom stereocenters. The summed E-state index contributed by atoms with van der Waals surface area (Å²) < 4.78 is 5.83. The number of carbonyl (C=O) groups is 1. The van der Waals surface area contributed by atoms with E-state index in [0.29, 0.717) is 21.3 Å². The van der Waals surface area contributed by atoms with E-state index in [1.165, 1.54) is 23.1 Å². The number of aliphatic carboxylic acids is 1. The molecule has 0 radical (unpaired) electrons. The molecule has 0 aliphatic rings. The minimum atomic E-state index is -0.911. The average molecular weight is 306 g/mol. The number of ether oxygens (including phenoxy) is 1. The molecule has 102 valence electrons. The predicted molar refractivity (Wildman–Crippen MR) is 75.3 cm³/mol. The second-order valence-corrected chi connectivity index (χ2v) is 5.90. The number of carboxylic acid groups (broad SMARTS) is 1. The van der Waals surface area contributed by atoms with Crippen molar-refractivity contribution in [3.05, 3.63) is 34.8 Å². The van der Waals surface area contributed by atoms with Crippen molar-refractivity contribution in [1.29, 1.82) is 5.26 Å². The van der Waals surface area contributed by atoms with Gasteiger partial charge in [-0.2, -0.15) is 5.26 Å². The van der Waals surface area contributed by atoms with Gasteiger partial charge >= 0.3 is 5.97 Å². The van der Waals surface area contributed by atoms with E-state index in [1.54, 1.807) is 30.7 Å². The van der Waals surface area contributed by atoms with Crippen molar-refractivity contribution in [2.24, 2.45) is 0 Å². The number of methoxy groups -OCH3 is 1. The second-order valence-electron chi connectivity index (χ2n) is 3.75. The third-order valence-electron chi connectivity index (χ3n) is 2.37. The number of rotatable bonds is 5. The third-order valence-corrected chi connectivity index (χ3v) is 4.41. The molecule has 0 spiro atoms. The fourth-order valence-corrected chi connectivity index (χ4v) is 3.37. The van der Waals surface area contributed by atoms with Crippen molar-refractivity contribution in [2.75, 3.05) is 7.11 Å². The molecule has 0 saturated carbocycles. The number of hydrogen-bond donors (Lipinski definition) is 1. The summed E-state index contributed by atoms with van der Waals surface area (Å²) in [4.78, 5) is 15.6. The van der Waals surface area contributed by atoms with Gasteiger partial charge in [0.25, 0.3) is 0 Å². The first-order chi connectivity index (χ1) is 9.62. The average Bonchev–Trinajstić information content (AvgIpc) is 2.85. The van der Waals surface area contributed by atoms with Crippen LogP contribution in [0.3, 0.4) is 0 Å². The monoisotopic (exact) mass is 306 g/mol. The second kappa shape index (κ2) is 6.41. The lowest BCUT2D eigenvalue weighted by atomic mass is 10.2. The first-order valence-electron chi connectivity index (χ1n) is 5.54. The van der Waals surface area contributed by atoms with Crippen molar-refractivity contribution in [1.82, 2.24) is 4.98 Å². The van der Waals surface area contributed by atoms with Gasteiger partial charge in [0.05, 0.1) is 24.8 Å². The minimum absolute atomic E-state index is 0.0969. The number of nitrogens with zero attached hydrogens (tertiary/aromatic N) is 2. The van der Waals surface area contributed by atoms with Crippen LogP contribution in [-0.4, -0.2) is 23.2 Å². The van der Waals surface area contributed by atoms with Crippen molar-refractivity contribution in [3.63, 3.8) is 0 Å². The smallest absolute Gasteiger partial charge is 0.309 e. The van der Waals surface area contributed by atoms with Crippen molar-refractivity contribution in [2.45, 2.75) is 15.7 Å². The zero-order valence-corrected chi connectivity index (χ0v) is 12.1. The number of benzene rings is 1.